The number of methoxy groups -OCH3 is 1. The second kappa shape index (κ2) is 10.9. The van der Waals surface area contributed by atoms with E-state index in [-0.39, 0.29) is 11.8 Å². The Morgan fingerprint density at radius 2 is 1.70 bits per heavy atom. The molecule has 0 bridgehead atoms. The number of benzene rings is 2. The van der Waals surface area contributed by atoms with Gasteiger partial charge in [-0.2, -0.15) is 0 Å². The van der Waals surface area contributed by atoms with Gasteiger partial charge in [-0.25, -0.2) is 0 Å². The minimum absolute atomic E-state index is 0.149. The SMILES string of the molecule is CCCNC(=O)c1ccccc1NC(=O)CCCOc1ccc(OC)cc1. The predicted octanol–water partition coefficient (Wildman–Crippen LogP) is 3.63. The molecule has 0 saturated carbocycles. The Morgan fingerprint density at radius 1 is 1.00 bits per heavy atom. The molecule has 2 amide bonds. The summed E-state index contributed by atoms with van der Waals surface area (Å²) in [7, 11) is 1.61. The fourth-order valence-corrected chi connectivity index (χ4v) is 2.43. The number of ether oxygens (including phenoxy) is 2. The topological polar surface area (TPSA) is 76.7 Å². The van der Waals surface area contributed by atoms with Crippen LogP contribution < -0.4 is 20.1 Å². The van der Waals surface area contributed by atoms with Crippen LogP contribution >= 0.6 is 0 Å². The van der Waals surface area contributed by atoms with Gasteiger partial charge in [0.05, 0.1) is 25.0 Å². The summed E-state index contributed by atoms with van der Waals surface area (Å²) in [4.78, 5) is 24.4. The van der Waals surface area contributed by atoms with Crippen LogP contribution in [-0.4, -0.2) is 32.1 Å². The lowest BCUT2D eigenvalue weighted by molar-refractivity contribution is -0.116. The minimum atomic E-state index is -0.185. The summed E-state index contributed by atoms with van der Waals surface area (Å²) >= 11 is 0. The monoisotopic (exact) mass is 370 g/mol. The summed E-state index contributed by atoms with van der Waals surface area (Å²) in [6.07, 6.45) is 1.73. The number of rotatable bonds is 10. The van der Waals surface area contributed by atoms with Gasteiger partial charge in [-0.05, 0) is 49.2 Å². The highest BCUT2D eigenvalue weighted by Crippen LogP contribution is 2.18. The highest BCUT2D eigenvalue weighted by Gasteiger charge is 2.12. The molecule has 0 heterocycles. The number of hydrogen-bond donors (Lipinski definition) is 2. The van der Waals surface area contributed by atoms with E-state index in [0.717, 1.165) is 17.9 Å². The van der Waals surface area contributed by atoms with Crippen molar-refractivity contribution in [2.45, 2.75) is 26.2 Å². The molecule has 0 fully saturated rings. The molecule has 6 heteroatoms. The second-order valence-corrected chi connectivity index (χ2v) is 5.98. The summed E-state index contributed by atoms with van der Waals surface area (Å²) in [6, 6.07) is 14.3. The van der Waals surface area contributed by atoms with Crippen molar-refractivity contribution in [2.75, 3.05) is 25.6 Å². The fraction of sp³-hybridized carbons (Fsp3) is 0.333. The molecule has 0 saturated heterocycles. The van der Waals surface area contributed by atoms with Crippen molar-refractivity contribution >= 4 is 17.5 Å². The molecule has 0 aliphatic heterocycles. The van der Waals surface area contributed by atoms with E-state index in [1.165, 1.54) is 0 Å². The molecule has 0 unspecified atom stereocenters. The van der Waals surface area contributed by atoms with E-state index in [4.69, 9.17) is 9.47 Å². The zero-order valence-corrected chi connectivity index (χ0v) is 15.8. The molecular weight excluding hydrogens is 344 g/mol. The van der Waals surface area contributed by atoms with E-state index >= 15 is 0 Å². The fourth-order valence-electron chi connectivity index (χ4n) is 2.43. The molecule has 144 valence electrons. The molecule has 2 aromatic rings. The minimum Gasteiger partial charge on any atom is -0.497 e. The summed E-state index contributed by atoms with van der Waals surface area (Å²) in [5.41, 5.74) is 0.987. The summed E-state index contributed by atoms with van der Waals surface area (Å²) < 4.78 is 10.7. The molecule has 0 aromatic heterocycles. The van der Waals surface area contributed by atoms with Crippen LogP contribution in [0.5, 0.6) is 11.5 Å². The molecule has 0 aliphatic rings. The first-order valence-corrected chi connectivity index (χ1v) is 9.08. The number of amides is 2. The number of hydrogen-bond acceptors (Lipinski definition) is 4. The zero-order valence-electron chi connectivity index (χ0n) is 15.8. The number of para-hydroxylation sites is 1. The van der Waals surface area contributed by atoms with Gasteiger partial charge in [-0.15, -0.1) is 0 Å². The third-order valence-electron chi connectivity index (χ3n) is 3.86. The van der Waals surface area contributed by atoms with Crippen molar-refractivity contribution in [3.8, 4) is 11.5 Å². The van der Waals surface area contributed by atoms with Gasteiger partial charge in [0.25, 0.3) is 5.91 Å². The van der Waals surface area contributed by atoms with Crippen molar-refractivity contribution in [2.24, 2.45) is 0 Å². The Hall–Kier alpha value is -3.02. The smallest absolute Gasteiger partial charge is 0.253 e. The number of carbonyl (C=O) groups is 2. The molecular formula is C21H26N2O4. The summed E-state index contributed by atoms with van der Waals surface area (Å²) in [5.74, 6) is 1.16. The van der Waals surface area contributed by atoms with Crippen molar-refractivity contribution in [1.29, 1.82) is 0 Å². The molecule has 0 radical (unpaired) electrons. The van der Waals surface area contributed by atoms with Gasteiger partial charge >= 0.3 is 0 Å². The van der Waals surface area contributed by atoms with E-state index in [1.807, 2.05) is 31.2 Å². The van der Waals surface area contributed by atoms with Gasteiger partial charge in [0.2, 0.25) is 5.91 Å². The van der Waals surface area contributed by atoms with Crippen LogP contribution in [0.4, 0.5) is 5.69 Å². The molecule has 2 aromatic carbocycles. The van der Waals surface area contributed by atoms with Gasteiger partial charge in [0.15, 0.2) is 0 Å². The molecule has 0 spiro atoms. The lowest BCUT2D eigenvalue weighted by atomic mass is 10.1. The third kappa shape index (κ3) is 6.66. The van der Waals surface area contributed by atoms with Crippen LogP contribution in [0.15, 0.2) is 48.5 Å². The standard InChI is InChI=1S/C21H26N2O4/c1-3-14-22-21(25)18-7-4-5-8-19(18)23-20(24)9-6-15-27-17-12-10-16(26-2)11-13-17/h4-5,7-8,10-13H,3,6,9,14-15H2,1-2H3,(H,22,25)(H,23,24). The van der Waals surface area contributed by atoms with E-state index in [9.17, 15) is 9.59 Å². The molecule has 6 nitrogen and oxygen atoms in total. The average molecular weight is 370 g/mol. The molecule has 0 atom stereocenters. The van der Waals surface area contributed by atoms with E-state index in [0.29, 0.717) is 37.2 Å². The Kier molecular flexibility index (Phi) is 8.16. The van der Waals surface area contributed by atoms with Crippen LogP contribution in [0, 0.1) is 0 Å². The molecule has 2 rings (SSSR count). The highest BCUT2D eigenvalue weighted by molar-refractivity contribution is 6.03. The maximum atomic E-state index is 12.2. The summed E-state index contributed by atoms with van der Waals surface area (Å²) in [5, 5.41) is 5.63. The lowest BCUT2D eigenvalue weighted by Crippen LogP contribution is -2.25. The maximum Gasteiger partial charge on any atom is 0.253 e. The molecule has 27 heavy (non-hydrogen) atoms. The largest absolute Gasteiger partial charge is 0.497 e. The van der Waals surface area contributed by atoms with E-state index < -0.39 is 0 Å². The Morgan fingerprint density at radius 3 is 2.41 bits per heavy atom. The third-order valence-corrected chi connectivity index (χ3v) is 3.86. The van der Waals surface area contributed by atoms with Crippen molar-refractivity contribution < 1.29 is 19.1 Å². The Bertz CT molecular complexity index is 744. The first kappa shape index (κ1) is 20.3. The van der Waals surface area contributed by atoms with Crippen molar-refractivity contribution in [3.63, 3.8) is 0 Å². The molecule has 2 N–H and O–H groups in total. The molecule has 0 aliphatic carbocycles. The first-order chi connectivity index (χ1) is 13.1. The summed E-state index contributed by atoms with van der Waals surface area (Å²) in [6.45, 7) is 3.02. The van der Waals surface area contributed by atoms with Crippen LogP contribution in [0.3, 0.4) is 0 Å². The van der Waals surface area contributed by atoms with Crippen molar-refractivity contribution in [1.82, 2.24) is 5.32 Å². The quantitative estimate of drug-likeness (QED) is 0.626. The highest BCUT2D eigenvalue weighted by atomic mass is 16.5. The van der Waals surface area contributed by atoms with Crippen LogP contribution in [-0.2, 0) is 4.79 Å². The van der Waals surface area contributed by atoms with Crippen LogP contribution in [0.25, 0.3) is 0 Å². The number of carbonyl (C=O) groups excluding carboxylic acids is 2. The number of anilines is 1. The van der Waals surface area contributed by atoms with Crippen molar-refractivity contribution in [3.05, 3.63) is 54.1 Å². The second-order valence-electron chi connectivity index (χ2n) is 5.98. The Balaban J connectivity index is 1.79. The van der Waals surface area contributed by atoms with Gasteiger partial charge in [0.1, 0.15) is 11.5 Å². The van der Waals surface area contributed by atoms with Gasteiger partial charge in [-0.3, -0.25) is 9.59 Å². The van der Waals surface area contributed by atoms with E-state index in [2.05, 4.69) is 10.6 Å². The van der Waals surface area contributed by atoms with Crippen LogP contribution in [0.1, 0.15) is 36.5 Å². The van der Waals surface area contributed by atoms with Gasteiger partial charge in [-0.1, -0.05) is 19.1 Å². The first-order valence-electron chi connectivity index (χ1n) is 9.08. The van der Waals surface area contributed by atoms with Gasteiger partial charge in [0, 0.05) is 13.0 Å². The predicted molar refractivity (Wildman–Crippen MR) is 105 cm³/mol. The lowest BCUT2D eigenvalue weighted by Gasteiger charge is -2.11. The maximum absolute atomic E-state index is 12.2. The van der Waals surface area contributed by atoms with Gasteiger partial charge < -0.3 is 20.1 Å². The average Bonchev–Trinajstić information content (AvgIpc) is 2.70. The van der Waals surface area contributed by atoms with Crippen LogP contribution in [0.2, 0.25) is 0 Å². The Labute approximate surface area is 159 Å². The number of nitrogens with one attached hydrogen (secondary N) is 2. The normalized spacial score (nSPS) is 10.1. The van der Waals surface area contributed by atoms with E-state index in [1.54, 1.807) is 31.4 Å². The zero-order chi connectivity index (χ0) is 19.5.